The van der Waals surface area contributed by atoms with E-state index in [4.69, 9.17) is 4.11 Å². The number of allylic oxidation sites excluding steroid dienone is 4. The third kappa shape index (κ3) is 1.60. The van der Waals surface area contributed by atoms with Crippen molar-refractivity contribution in [2.75, 3.05) is 0 Å². The summed E-state index contributed by atoms with van der Waals surface area (Å²) in [5.41, 5.74) is -0.682. The normalized spacial score (nSPS) is 28.0. The van der Waals surface area contributed by atoms with Gasteiger partial charge in [-0.3, -0.25) is 4.79 Å². The number of rotatable bonds is 1. The van der Waals surface area contributed by atoms with E-state index in [2.05, 4.69) is 0 Å². The molecular weight excluding hydrogens is 203 g/mol. The minimum absolute atomic E-state index is 0.193. The van der Waals surface area contributed by atoms with E-state index in [1.807, 2.05) is 0 Å². The molecule has 0 saturated carbocycles. The van der Waals surface area contributed by atoms with Gasteiger partial charge in [0.25, 0.3) is 0 Å². The summed E-state index contributed by atoms with van der Waals surface area (Å²) >= 11 is 0. The number of ketones is 1. The zero-order chi connectivity index (χ0) is 14.3. The molecule has 16 heavy (non-hydrogen) atoms. The van der Waals surface area contributed by atoms with Gasteiger partial charge in [0.1, 0.15) is 5.82 Å². The monoisotopic (exact) mass is 219 g/mol. The van der Waals surface area contributed by atoms with Crippen molar-refractivity contribution in [2.45, 2.75) is 19.2 Å². The van der Waals surface area contributed by atoms with Crippen LogP contribution in [0.5, 0.6) is 0 Å². The van der Waals surface area contributed by atoms with E-state index in [9.17, 15) is 9.18 Å². The second-order valence-corrected chi connectivity index (χ2v) is 3.98. The lowest BCUT2D eigenvalue weighted by atomic mass is 9.74. The first-order valence-corrected chi connectivity index (χ1v) is 4.96. The predicted octanol–water partition coefficient (Wildman–Crippen LogP) is 3.17. The van der Waals surface area contributed by atoms with Gasteiger partial charge in [0, 0.05) is 4.11 Å². The lowest BCUT2D eigenvalue weighted by Gasteiger charge is -2.27. The Labute approximate surface area is 98.5 Å². The van der Waals surface area contributed by atoms with E-state index in [0.29, 0.717) is 5.56 Å². The van der Waals surface area contributed by atoms with Gasteiger partial charge in [0.2, 0.25) is 0 Å². The zero-order valence-corrected chi connectivity index (χ0v) is 8.83. The van der Waals surface area contributed by atoms with Crippen LogP contribution in [0, 0.1) is 5.82 Å². The molecule has 1 aromatic carbocycles. The van der Waals surface area contributed by atoms with Crippen molar-refractivity contribution in [1.29, 1.82) is 0 Å². The standard InChI is InChI=1S/C14H13FO/c1-10-4-3-9-14(2,13(10)16)11-5-7-12(15)8-6-11/h3-9H,1-2H3/i1D3. The van der Waals surface area contributed by atoms with E-state index < -0.39 is 23.9 Å². The molecule has 1 atom stereocenters. The average Bonchev–Trinajstić information content (AvgIpc) is 2.32. The van der Waals surface area contributed by atoms with Crippen LogP contribution < -0.4 is 0 Å². The Morgan fingerprint density at radius 1 is 1.31 bits per heavy atom. The molecular formula is C14H13FO. The van der Waals surface area contributed by atoms with Crippen LogP contribution >= 0.6 is 0 Å². The number of halogens is 1. The fourth-order valence-electron chi connectivity index (χ4n) is 1.79. The molecule has 1 aliphatic rings. The largest absolute Gasteiger partial charge is 0.293 e. The van der Waals surface area contributed by atoms with E-state index in [1.165, 1.54) is 30.3 Å². The van der Waals surface area contributed by atoms with Crippen LogP contribution in [0.2, 0.25) is 0 Å². The van der Waals surface area contributed by atoms with E-state index in [-0.39, 0.29) is 5.57 Å². The smallest absolute Gasteiger partial charge is 0.172 e. The molecule has 1 nitrogen and oxygen atoms in total. The first-order valence-electron chi connectivity index (χ1n) is 6.46. The van der Waals surface area contributed by atoms with Gasteiger partial charge in [-0.15, -0.1) is 0 Å². The van der Waals surface area contributed by atoms with Crippen LogP contribution in [0.4, 0.5) is 4.39 Å². The van der Waals surface area contributed by atoms with E-state index >= 15 is 0 Å². The Morgan fingerprint density at radius 3 is 2.62 bits per heavy atom. The first kappa shape index (κ1) is 7.55. The van der Waals surface area contributed by atoms with Crippen molar-refractivity contribution in [1.82, 2.24) is 0 Å². The van der Waals surface area contributed by atoms with Crippen LogP contribution in [0.25, 0.3) is 0 Å². The maximum atomic E-state index is 12.9. The number of hydrogen-bond acceptors (Lipinski definition) is 1. The Morgan fingerprint density at radius 2 is 2.00 bits per heavy atom. The summed E-state index contributed by atoms with van der Waals surface area (Å²) in [5, 5.41) is 0. The molecule has 0 bridgehead atoms. The lowest BCUT2D eigenvalue weighted by Crippen LogP contribution is -2.32. The molecule has 1 unspecified atom stereocenters. The fourth-order valence-corrected chi connectivity index (χ4v) is 1.79. The molecule has 0 heterocycles. The van der Waals surface area contributed by atoms with Crippen LogP contribution in [0.3, 0.4) is 0 Å². The second kappa shape index (κ2) is 3.71. The SMILES string of the molecule is [2H]C([2H])([2H])C1=CC=CC(C)(c2ccc(F)cc2)C1=O. The molecule has 0 radical (unpaired) electrons. The van der Waals surface area contributed by atoms with E-state index in [0.717, 1.165) is 0 Å². The second-order valence-electron chi connectivity index (χ2n) is 3.98. The topological polar surface area (TPSA) is 17.1 Å². The van der Waals surface area contributed by atoms with Gasteiger partial charge in [0.05, 0.1) is 5.41 Å². The summed E-state index contributed by atoms with van der Waals surface area (Å²) in [5.74, 6) is -0.868. The van der Waals surface area contributed by atoms with Gasteiger partial charge in [-0.05, 0) is 37.0 Å². The van der Waals surface area contributed by atoms with Crippen molar-refractivity contribution in [3.8, 4) is 0 Å². The summed E-state index contributed by atoms with van der Waals surface area (Å²) < 4.78 is 35.1. The minimum atomic E-state index is -2.44. The first-order chi connectivity index (χ1) is 8.75. The highest BCUT2D eigenvalue weighted by Gasteiger charge is 2.34. The quantitative estimate of drug-likeness (QED) is 0.709. The molecule has 0 spiro atoms. The van der Waals surface area contributed by atoms with E-state index in [1.54, 1.807) is 19.1 Å². The molecule has 0 aliphatic heterocycles. The zero-order valence-electron chi connectivity index (χ0n) is 11.8. The Hall–Kier alpha value is -1.70. The van der Waals surface area contributed by atoms with Crippen molar-refractivity contribution >= 4 is 5.78 Å². The average molecular weight is 219 g/mol. The summed E-state index contributed by atoms with van der Waals surface area (Å²) in [6, 6.07) is 5.52. The van der Waals surface area contributed by atoms with Crippen molar-refractivity contribution in [3.05, 3.63) is 59.4 Å². The van der Waals surface area contributed by atoms with Crippen LogP contribution in [0.15, 0.2) is 48.1 Å². The fraction of sp³-hybridized carbons (Fsp3) is 0.214. The molecule has 2 rings (SSSR count). The molecule has 0 N–H and O–H groups in total. The Balaban J connectivity index is 2.47. The van der Waals surface area contributed by atoms with Crippen molar-refractivity contribution in [2.24, 2.45) is 0 Å². The van der Waals surface area contributed by atoms with Gasteiger partial charge >= 0.3 is 0 Å². The molecule has 1 aliphatic carbocycles. The van der Waals surface area contributed by atoms with Crippen LogP contribution in [0.1, 0.15) is 23.5 Å². The molecule has 1 aromatic rings. The predicted molar refractivity (Wildman–Crippen MR) is 61.7 cm³/mol. The minimum Gasteiger partial charge on any atom is -0.293 e. The highest BCUT2D eigenvalue weighted by molar-refractivity contribution is 6.05. The van der Waals surface area contributed by atoms with Crippen molar-refractivity contribution < 1.29 is 13.3 Å². The summed E-state index contributed by atoms with van der Waals surface area (Å²) in [6.45, 7) is -0.805. The summed E-state index contributed by atoms with van der Waals surface area (Å²) in [7, 11) is 0. The third-order valence-corrected chi connectivity index (χ3v) is 2.85. The molecule has 82 valence electrons. The number of benzene rings is 1. The van der Waals surface area contributed by atoms with Gasteiger partial charge in [-0.25, -0.2) is 4.39 Å². The summed E-state index contributed by atoms with van der Waals surface area (Å²) in [6.07, 6.45) is 4.52. The summed E-state index contributed by atoms with van der Waals surface area (Å²) in [4.78, 5) is 12.4. The third-order valence-electron chi connectivity index (χ3n) is 2.85. The Bertz CT molecular complexity index is 569. The molecule has 0 amide bonds. The van der Waals surface area contributed by atoms with Gasteiger partial charge in [-0.1, -0.05) is 30.4 Å². The Kier molecular flexibility index (Phi) is 1.75. The number of carbonyl (C=O) groups is 1. The highest BCUT2D eigenvalue weighted by Crippen LogP contribution is 2.32. The molecule has 0 fully saturated rings. The number of carbonyl (C=O) groups excluding carboxylic acids is 1. The molecule has 2 heteroatoms. The van der Waals surface area contributed by atoms with Crippen molar-refractivity contribution in [3.63, 3.8) is 0 Å². The number of hydrogen-bond donors (Lipinski definition) is 0. The van der Waals surface area contributed by atoms with Crippen LogP contribution in [-0.2, 0) is 10.2 Å². The molecule has 0 aromatic heterocycles. The maximum absolute atomic E-state index is 12.9. The number of Topliss-reactive ketones (excluding diaryl/α,β-unsaturated/α-hetero) is 1. The maximum Gasteiger partial charge on any atom is 0.172 e. The van der Waals surface area contributed by atoms with Gasteiger partial charge < -0.3 is 0 Å². The highest BCUT2D eigenvalue weighted by atomic mass is 19.1. The van der Waals surface area contributed by atoms with Crippen LogP contribution in [-0.4, -0.2) is 5.78 Å². The molecule has 0 saturated heterocycles. The lowest BCUT2D eigenvalue weighted by molar-refractivity contribution is -0.118. The van der Waals surface area contributed by atoms with Gasteiger partial charge in [0.15, 0.2) is 5.78 Å². The van der Waals surface area contributed by atoms with Gasteiger partial charge in [-0.2, -0.15) is 0 Å².